The summed E-state index contributed by atoms with van der Waals surface area (Å²) in [4.78, 5) is -0.0500. The predicted molar refractivity (Wildman–Crippen MR) is 84.3 cm³/mol. The molecule has 114 valence electrons. The van der Waals surface area contributed by atoms with Gasteiger partial charge in [-0.25, -0.2) is 8.42 Å². The first kappa shape index (κ1) is 16.6. The van der Waals surface area contributed by atoms with Crippen LogP contribution in [0.15, 0.2) is 33.9 Å². The van der Waals surface area contributed by atoms with Gasteiger partial charge in [-0.3, -0.25) is 9.40 Å². The van der Waals surface area contributed by atoms with E-state index < -0.39 is 10.0 Å². The highest BCUT2D eigenvalue weighted by Gasteiger charge is 2.20. The smallest absolute Gasteiger partial charge is 0.265 e. The Hall–Kier alpha value is -0.800. The van der Waals surface area contributed by atoms with Crippen LogP contribution in [0, 0.1) is 0 Å². The fourth-order valence-corrected chi connectivity index (χ4v) is 4.01. The third kappa shape index (κ3) is 3.89. The lowest BCUT2D eigenvalue weighted by Gasteiger charge is -2.10. The summed E-state index contributed by atoms with van der Waals surface area (Å²) in [5.41, 5.74) is 0.0939. The summed E-state index contributed by atoms with van der Waals surface area (Å²) in [6, 6.07) is 3.06. The van der Waals surface area contributed by atoms with Gasteiger partial charge in [0.1, 0.15) is 4.90 Å². The Balaban J connectivity index is 2.33. The third-order valence-electron chi connectivity index (χ3n) is 2.49. The quantitative estimate of drug-likeness (QED) is 0.787. The second-order valence-electron chi connectivity index (χ2n) is 4.01. The van der Waals surface area contributed by atoms with Crippen molar-refractivity contribution >= 4 is 54.8 Å². The van der Waals surface area contributed by atoms with E-state index in [9.17, 15) is 8.42 Å². The number of rotatable bonds is 5. The SMILES string of the molecule is O=S(=O)(Nc1c(Cl)cc(Br)cc1Cl)c1cnn(CCO)c1. The maximum absolute atomic E-state index is 12.3. The Bertz CT molecular complexity index is 741. The zero-order valence-corrected chi connectivity index (χ0v) is 14.3. The largest absolute Gasteiger partial charge is 0.394 e. The van der Waals surface area contributed by atoms with Gasteiger partial charge in [0.25, 0.3) is 10.0 Å². The van der Waals surface area contributed by atoms with Crippen molar-refractivity contribution in [2.75, 3.05) is 11.3 Å². The van der Waals surface area contributed by atoms with E-state index >= 15 is 0 Å². The lowest BCUT2D eigenvalue weighted by atomic mass is 10.3. The lowest BCUT2D eigenvalue weighted by molar-refractivity contribution is 0.269. The van der Waals surface area contributed by atoms with E-state index in [2.05, 4.69) is 25.8 Å². The average molecular weight is 415 g/mol. The van der Waals surface area contributed by atoms with Gasteiger partial charge in [-0.1, -0.05) is 39.1 Å². The molecule has 2 rings (SSSR count). The highest BCUT2D eigenvalue weighted by molar-refractivity contribution is 9.10. The summed E-state index contributed by atoms with van der Waals surface area (Å²) in [6.45, 7) is 0.0638. The molecule has 1 aromatic heterocycles. The number of sulfonamides is 1. The molecule has 0 spiro atoms. The zero-order chi connectivity index (χ0) is 15.6. The van der Waals surface area contributed by atoms with Crippen molar-refractivity contribution < 1.29 is 13.5 Å². The van der Waals surface area contributed by atoms with Gasteiger partial charge in [0, 0.05) is 10.7 Å². The van der Waals surface area contributed by atoms with Gasteiger partial charge in [0.05, 0.1) is 35.1 Å². The Kier molecular flexibility index (Phi) is 5.15. The summed E-state index contributed by atoms with van der Waals surface area (Å²) in [7, 11) is -3.87. The van der Waals surface area contributed by atoms with Crippen LogP contribution in [0.25, 0.3) is 0 Å². The normalized spacial score (nSPS) is 11.6. The van der Waals surface area contributed by atoms with Crippen molar-refractivity contribution in [1.82, 2.24) is 9.78 Å². The molecule has 0 bridgehead atoms. The minimum atomic E-state index is -3.87. The van der Waals surface area contributed by atoms with E-state index in [0.29, 0.717) is 4.47 Å². The molecular formula is C11H10BrCl2N3O3S. The molecule has 0 radical (unpaired) electrons. The highest BCUT2D eigenvalue weighted by Crippen LogP contribution is 2.35. The standard InChI is InChI=1S/C11H10BrCl2N3O3S/c12-7-3-9(13)11(10(14)4-7)16-21(19,20)8-5-15-17(6-8)1-2-18/h3-6,16,18H,1-2H2. The van der Waals surface area contributed by atoms with E-state index in [1.54, 1.807) is 0 Å². The molecule has 21 heavy (non-hydrogen) atoms. The van der Waals surface area contributed by atoms with Crippen LogP contribution in [0.2, 0.25) is 10.0 Å². The molecule has 6 nitrogen and oxygen atoms in total. The van der Waals surface area contributed by atoms with Gasteiger partial charge in [0.15, 0.2) is 0 Å². The van der Waals surface area contributed by atoms with E-state index in [4.69, 9.17) is 28.3 Å². The van der Waals surface area contributed by atoms with Crippen molar-refractivity contribution in [3.05, 3.63) is 39.0 Å². The second kappa shape index (κ2) is 6.53. The van der Waals surface area contributed by atoms with Gasteiger partial charge in [-0.05, 0) is 12.1 Å². The Morgan fingerprint density at radius 3 is 2.52 bits per heavy atom. The molecule has 1 aromatic carbocycles. The van der Waals surface area contributed by atoms with E-state index in [-0.39, 0.29) is 33.8 Å². The number of benzene rings is 1. The number of aliphatic hydroxyl groups is 1. The van der Waals surface area contributed by atoms with Crippen LogP contribution in [0.3, 0.4) is 0 Å². The molecule has 0 saturated heterocycles. The van der Waals surface area contributed by atoms with Crippen LogP contribution in [0.4, 0.5) is 5.69 Å². The van der Waals surface area contributed by atoms with Crippen molar-refractivity contribution in [3.63, 3.8) is 0 Å². The van der Waals surface area contributed by atoms with Crippen LogP contribution >= 0.6 is 39.1 Å². The lowest BCUT2D eigenvalue weighted by Crippen LogP contribution is -2.13. The van der Waals surface area contributed by atoms with Gasteiger partial charge in [-0.2, -0.15) is 5.10 Å². The molecule has 0 aliphatic heterocycles. The number of nitrogens with zero attached hydrogens (tertiary/aromatic N) is 2. The van der Waals surface area contributed by atoms with Crippen LogP contribution in [-0.2, 0) is 16.6 Å². The number of hydrogen-bond donors (Lipinski definition) is 2. The van der Waals surface area contributed by atoms with Crippen LogP contribution in [0.1, 0.15) is 0 Å². The number of anilines is 1. The molecule has 0 amide bonds. The minimum Gasteiger partial charge on any atom is -0.394 e. The molecule has 0 fully saturated rings. The van der Waals surface area contributed by atoms with Crippen LogP contribution in [-0.4, -0.2) is 29.9 Å². The van der Waals surface area contributed by atoms with Gasteiger partial charge in [-0.15, -0.1) is 0 Å². The Morgan fingerprint density at radius 2 is 1.95 bits per heavy atom. The van der Waals surface area contributed by atoms with Crippen LogP contribution in [0.5, 0.6) is 0 Å². The van der Waals surface area contributed by atoms with Crippen molar-refractivity contribution in [3.8, 4) is 0 Å². The van der Waals surface area contributed by atoms with Gasteiger partial charge >= 0.3 is 0 Å². The Labute approximate surface area is 139 Å². The first-order chi connectivity index (χ1) is 9.83. The topological polar surface area (TPSA) is 84.2 Å². The molecule has 0 saturated carbocycles. The molecule has 10 heteroatoms. The van der Waals surface area contributed by atoms with E-state index in [0.717, 1.165) is 0 Å². The fraction of sp³-hybridized carbons (Fsp3) is 0.182. The highest BCUT2D eigenvalue weighted by atomic mass is 79.9. The molecular weight excluding hydrogens is 405 g/mol. The molecule has 0 unspecified atom stereocenters. The first-order valence-electron chi connectivity index (χ1n) is 5.64. The second-order valence-corrected chi connectivity index (χ2v) is 7.43. The molecule has 0 aliphatic rings. The fourth-order valence-electron chi connectivity index (χ4n) is 1.54. The predicted octanol–water partition coefficient (Wildman–Crippen LogP) is 2.75. The van der Waals surface area contributed by atoms with Gasteiger partial charge < -0.3 is 5.11 Å². The number of nitrogens with one attached hydrogen (secondary N) is 1. The van der Waals surface area contributed by atoms with Crippen molar-refractivity contribution in [2.45, 2.75) is 11.4 Å². The molecule has 0 aliphatic carbocycles. The summed E-state index contributed by atoms with van der Waals surface area (Å²) in [5.74, 6) is 0. The number of halogens is 3. The maximum atomic E-state index is 12.3. The molecule has 0 atom stereocenters. The average Bonchev–Trinajstić information content (AvgIpc) is 2.84. The summed E-state index contributed by atoms with van der Waals surface area (Å²) in [6.07, 6.45) is 2.48. The Morgan fingerprint density at radius 1 is 1.33 bits per heavy atom. The third-order valence-corrected chi connectivity index (χ3v) is 4.85. The molecule has 2 N–H and O–H groups in total. The summed E-state index contributed by atoms with van der Waals surface area (Å²) in [5, 5.41) is 13.0. The van der Waals surface area contributed by atoms with E-state index in [1.807, 2.05) is 0 Å². The van der Waals surface area contributed by atoms with E-state index in [1.165, 1.54) is 29.2 Å². The number of hydrogen-bond acceptors (Lipinski definition) is 4. The summed E-state index contributed by atoms with van der Waals surface area (Å²) >= 11 is 15.2. The van der Waals surface area contributed by atoms with Crippen molar-refractivity contribution in [1.29, 1.82) is 0 Å². The van der Waals surface area contributed by atoms with Crippen molar-refractivity contribution in [2.24, 2.45) is 0 Å². The number of aromatic nitrogens is 2. The minimum absolute atomic E-state index is 0.0500. The number of aliphatic hydroxyl groups excluding tert-OH is 1. The zero-order valence-electron chi connectivity index (χ0n) is 10.4. The maximum Gasteiger partial charge on any atom is 0.265 e. The van der Waals surface area contributed by atoms with Gasteiger partial charge in [0.2, 0.25) is 0 Å². The molecule has 2 aromatic rings. The monoisotopic (exact) mass is 413 g/mol. The van der Waals surface area contributed by atoms with Crippen LogP contribution < -0.4 is 4.72 Å². The summed E-state index contributed by atoms with van der Waals surface area (Å²) < 4.78 is 28.8. The molecule has 1 heterocycles. The first-order valence-corrected chi connectivity index (χ1v) is 8.67.